The topological polar surface area (TPSA) is 39.1 Å². The third-order valence-corrected chi connectivity index (χ3v) is 10.0. The van der Waals surface area contributed by atoms with Gasteiger partial charge in [0.2, 0.25) is 0 Å². The van der Waals surface area contributed by atoms with Crippen molar-refractivity contribution in [1.29, 1.82) is 0 Å². The van der Waals surface area contributed by atoms with Gasteiger partial charge in [-0.25, -0.2) is 0 Å². The van der Waals surface area contributed by atoms with Crippen molar-refractivity contribution in [3.05, 3.63) is 59.2 Å². The van der Waals surface area contributed by atoms with Crippen LogP contribution in [-0.2, 0) is 17.3 Å². The molecule has 0 bridgehead atoms. The Labute approximate surface area is 186 Å². The van der Waals surface area contributed by atoms with E-state index in [1.165, 1.54) is 59.9 Å². The number of carbonyl (C=O) groups is 1. The molecule has 1 aromatic heterocycles. The highest BCUT2D eigenvalue weighted by molar-refractivity contribution is 7.86. The van der Waals surface area contributed by atoms with E-state index in [0.29, 0.717) is 17.6 Å². The Bertz CT molecular complexity index is 1220. The van der Waals surface area contributed by atoms with Crippen LogP contribution < -0.4 is 0 Å². The van der Waals surface area contributed by atoms with Crippen molar-refractivity contribution in [2.45, 2.75) is 68.6 Å². The maximum absolute atomic E-state index is 13.3. The summed E-state index contributed by atoms with van der Waals surface area (Å²) in [5.74, 6) is 1.63. The smallest absolute Gasteiger partial charge is 0.150 e. The summed E-state index contributed by atoms with van der Waals surface area (Å²) in [7, 11) is -0.866. The molecule has 2 aliphatic carbocycles. The SMILES string of the molecule is CCS(=O)C12CC1c1ccccc1-c1c(C3CCCCC3)c3ccc(C=O)cc3n1C2. The molecule has 2 saturated carbocycles. The normalized spacial score (nSPS) is 25.9. The molecular formula is C27H29NO2S. The molecule has 6 rings (SSSR count). The lowest BCUT2D eigenvalue weighted by atomic mass is 9.81. The van der Waals surface area contributed by atoms with Crippen LogP contribution in [0, 0.1) is 0 Å². The van der Waals surface area contributed by atoms with Gasteiger partial charge in [0.25, 0.3) is 0 Å². The summed E-state index contributed by atoms with van der Waals surface area (Å²) in [5, 5.41) is 1.29. The van der Waals surface area contributed by atoms with E-state index in [1.807, 2.05) is 13.0 Å². The standard InChI is InChI=1S/C27H29NO2S/c1-2-31(30)27-15-23(27)20-10-6-7-11-21(20)26-25(19-8-4-3-5-9-19)22-13-12-18(16-29)14-24(22)28(26)17-27/h6-7,10-14,16,19,23H,2-5,8-9,15,17H2,1H3. The maximum atomic E-state index is 13.3. The number of carbonyl (C=O) groups excluding carboxylic acids is 1. The third kappa shape index (κ3) is 2.77. The maximum Gasteiger partial charge on any atom is 0.150 e. The molecular weight excluding hydrogens is 402 g/mol. The largest absolute Gasteiger partial charge is 0.339 e. The fraction of sp³-hybridized carbons (Fsp3) is 0.444. The van der Waals surface area contributed by atoms with E-state index in [4.69, 9.17) is 0 Å². The summed E-state index contributed by atoms with van der Waals surface area (Å²) in [6.45, 7) is 2.83. The Hall–Kier alpha value is -2.20. The van der Waals surface area contributed by atoms with E-state index in [9.17, 15) is 9.00 Å². The molecule has 2 fully saturated rings. The summed E-state index contributed by atoms with van der Waals surface area (Å²) < 4.78 is 15.6. The van der Waals surface area contributed by atoms with E-state index in [1.54, 1.807) is 0 Å². The Kier molecular flexibility index (Phi) is 4.50. The lowest BCUT2D eigenvalue weighted by Gasteiger charge is -2.24. The van der Waals surface area contributed by atoms with Crippen molar-refractivity contribution >= 4 is 28.0 Å². The number of fused-ring (bicyclic) bond motifs is 7. The summed E-state index contributed by atoms with van der Waals surface area (Å²) in [6.07, 6.45) is 8.32. The first-order valence-electron chi connectivity index (χ1n) is 11.8. The predicted molar refractivity (Wildman–Crippen MR) is 127 cm³/mol. The Balaban J connectivity index is 1.69. The molecule has 3 aromatic rings. The lowest BCUT2D eigenvalue weighted by molar-refractivity contribution is 0.112. The van der Waals surface area contributed by atoms with Crippen LogP contribution in [0.15, 0.2) is 42.5 Å². The molecule has 1 aliphatic heterocycles. The fourth-order valence-electron chi connectivity index (χ4n) is 6.48. The summed E-state index contributed by atoms with van der Waals surface area (Å²) in [4.78, 5) is 11.6. The molecule has 3 nitrogen and oxygen atoms in total. The molecule has 0 amide bonds. The number of rotatable bonds is 4. The second-order valence-electron chi connectivity index (χ2n) is 9.62. The van der Waals surface area contributed by atoms with Gasteiger partial charge in [0.15, 0.2) is 0 Å². The zero-order valence-electron chi connectivity index (χ0n) is 18.1. The molecule has 0 saturated heterocycles. The zero-order chi connectivity index (χ0) is 21.2. The van der Waals surface area contributed by atoms with Gasteiger partial charge in [0, 0.05) is 51.0 Å². The van der Waals surface area contributed by atoms with Crippen LogP contribution in [0.1, 0.15) is 78.8 Å². The lowest BCUT2D eigenvalue weighted by Crippen LogP contribution is -2.26. The van der Waals surface area contributed by atoms with Gasteiger partial charge in [-0.1, -0.05) is 62.6 Å². The highest BCUT2D eigenvalue weighted by atomic mass is 32.2. The first-order chi connectivity index (χ1) is 15.2. The average Bonchev–Trinajstić information content (AvgIpc) is 3.49. The Morgan fingerprint density at radius 2 is 1.94 bits per heavy atom. The quantitative estimate of drug-likeness (QED) is 0.463. The van der Waals surface area contributed by atoms with Crippen molar-refractivity contribution in [2.75, 3.05) is 5.75 Å². The highest BCUT2D eigenvalue weighted by Gasteiger charge is 2.61. The van der Waals surface area contributed by atoms with E-state index in [-0.39, 0.29) is 4.75 Å². The van der Waals surface area contributed by atoms with Gasteiger partial charge in [-0.2, -0.15) is 0 Å². The van der Waals surface area contributed by atoms with Crippen molar-refractivity contribution in [3.63, 3.8) is 0 Å². The second kappa shape index (κ2) is 7.16. The molecule has 0 N–H and O–H groups in total. The molecule has 2 aromatic carbocycles. The van der Waals surface area contributed by atoms with Crippen LogP contribution in [0.5, 0.6) is 0 Å². The molecule has 3 atom stereocenters. The van der Waals surface area contributed by atoms with Gasteiger partial charge in [0.05, 0.1) is 10.4 Å². The summed E-state index contributed by atoms with van der Waals surface area (Å²) in [6, 6.07) is 15.0. The second-order valence-corrected chi connectivity index (χ2v) is 11.7. The number of hydrogen-bond donors (Lipinski definition) is 0. The Morgan fingerprint density at radius 3 is 2.71 bits per heavy atom. The van der Waals surface area contributed by atoms with E-state index in [0.717, 1.165) is 30.3 Å². The number of aromatic nitrogens is 1. The van der Waals surface area contributed by atoms with Crippen molar-refractivity contribution in [3.8, 4) is 11.3 Å². The predicted octanol–water partition coefficient (Wildman–Crippen LogP) is 6.18. The molecule has 31 heavy (non-hydrogen) atoms. The van der Waals surface area contributed by atoms with Crippen LogP contribution in [0.2, 0.25) is 0 Å². The molecule has 3 unspecified atom stereocenters. The van der Waals surface area contributed by atoms with E-state index < -0.39 is 10.8 Å². The zero-order valence-corrected chi connectivity index (χ0v) is 18.9. The van der Waals surface area contributed by atoms with E-state index in [2.05, 4.69) is 41.0 Å². The van der Waals surface area contributed by atoms with Crippen LogP contribution in [0.3, 0.4) is 0 Å². The summed E-state index contributed by atoms with van der Waals surface area (Å²) in [5.41, 5.74) is 7.37. The van der Waals surface area contributed by atoms with Crippen molar-refractivity contribution < 1.29 is 9.00 Å². The Morgan fingerprint density at radius 1 is 1.13 bits per heavy atom. The molecule has 0 radical (unpaired) electrons. The number of aldehydes is 1. The van der Waals surface area contributed by atoms with Gasteiger partial charge in [-0.05, 0) is 42.4 Å². The van der Waals surface area contributed by atoms with Crippen LogP contribution in [0.4, 0.5) is 0 Å². The van der Waals surface area contributed by atoms with Gasteiger partial charge < -0.3 is 4.57 Å². The molecule has 0 spiro atoms. The van der Waals surface area contributed by atoms with Gasteiger partial charge in [-0.15, -0.1) is 0 Å². The van der Waals surface area contributed by atoms with Gasteiger partial charge in [0.1, 0.15) is 6.29 Å². The van der Waals surface area contributed by atoms with Gasteiger partial charge >= 0.3 is 0 Å². The average molecular weight is 432 g/mol. The van der Waals surface area contributed by atoms with Crippen LogP contribution in [0.25, 0.3) is 22.2 Å². The third-order valence-electron chi connectivity index (χ3n) is 8.03. The minimum atomic E-state index is -0.866. The number of hydrogen-bond acceptors (Lipinski definition) is 2. The van der Waals surface area contributed by atoms with E-state index >= 15 is 0 Å². The molecule has 4 heteroatoms. The fourth-order valence-corrected chi connectivity index (χ4v) is 8.12. The monoisotopic (exact) mass is 431 g/mol. The van der Waals surface area contributed by atoms with Crippen molar-refractivity contribution in [1.82, 2.24) is 4.57 Å². The summed E-state index contributed by atoms with van der Waals surface area (Å²) >= 11 is 0. The minimum absolute atomic E-state index is 0.178. The first kappa shape index (κ1) is 19.5. The van der Waals surface area contributed by atoms with Gasteiger partial charge in [-0.3, -0.25) is 9.00 Å². The first-order valence-corrected chi connectivity index (χ1v) is 13.1. The molecule has 3 aliphatic rings. The molecule has 2 heterocycles. The van der Waals surface area contributed by atoms with Crippen LogP contribution in [-0.4, -0.2) is 25.6 Å². The van der Waals surface area contributed by atoms with Crippen molar-refractivity contribution in [2.24, 2.45) is 0 Å². The molecule has 160 valence electrons. The number of benzene rings is 2. The van der Waals surface area contributed by atoms with Crippen LogP contribution >= 0.6 is 0 Å². The number of nitrogens with zero attached hydrogens (tertiary/aromatic N) is 1. The minimum Gasteiger partial charge on any atom is -0.339 e. The highest BCUT2D eigenvalue weighted by Crippen LogP contribution is 2.62.